The minimum Gasteiger partial charge on any atom is -0.450 e. The Hall–Kier alpha value is -3.31. The van der Waals surface area contributed by atoms with E-state index in [1.54, 1.807) is 6.92 Å². The van der Waals surface area contributed by atoms with Crippen molar-refractivity contribution in [3.8, 4) is 0 Å². The molecule has 0 N–H and O–H groups in total. The van der Waals surface area contributed by atoms with Crippen molar-refractivity contribution in [3.63, 3.8) is 0 Å². The van der Waals surface area contributed by atoms with Gasteiger partial charge in [0.15, 0.2) is 5.76 Å². The Kier molecular flexibility index (Phi) is 6.20. The highest BCUT2D eigenvalue weighted by Crippen LogP contribution is 2.62. The molecule has 0 aromatic heterocycles. The molecule has 1 aliphatic heterocycles. The smallest absolute Gasteiger partial charge is 0.450 e. The number of aryl methyl sites for hydroxylation is 1. The van der Waals surface area contributed by atoms with Crippen molar-refractivity contribution < 1.29 is 44.2 Å². The number of sulfone groups is 1. The number of alkyl halides is 6. The average molecular weight is 528 g/mol. The first kappa shape index (κ1) is 25.8. The zero-order valence-corrected chi connectivity index (χ0v) is 19.3. The van der Waals surface area contributed by atoms with Gasteiger partial charge < -0.3 is 9.47 Å². The van der Waals surface area contributed by atoms with E-state index in [1.807, 2.05) is 0 Å². The first-order chi connectivity index (χ1) is 16.7. The topological polar surface area (TPSA) is 52.6 Å². The first-order valence-corrected chi connectivity index (χ1v) is 12.0. The van der Waals surface area contributed by atoms with Gasteiger partial charge in [-0.2, -0.15) is 26.3 Å². The lowest BCUT2D eigenvalue weighted by atomic mass is 9.91. The molecule has 1 saturated heterocycles. The van der Waals surface area contributed by atoms with Crippen LogP contribution in [0.25, 0.3) is 0 Å². The lowest BCUT2D eigenvalue weighted by Crippen LogP contribution is -2.49. The molecule has 4 rings (SSSR count). The van der Waals surface area contributed by atoms with Crippen molar-refractivity contribution in [3.05, 3.63) is 113 Å². The van der Waals surface area contributed by atoms with Crippen LogP contribution < -0.4 is 0 Å². The second kappa shape index (κ2) is 8.67. The van der Waals surface area contributed by atoms with Gasteiger partial charge in [0, 0.05) is 11.1 Å². The molecule has 36 heavy (non-hydrogen) atoms. The van der Waals surface area contributed by atoms with Crippen LogP contribution in [-0.4, -0.2) is 20.8 Å². The summed E-state index contributed by atoms with van der Waals surface area (Å²) in [5, 5.41) is 0.0502. The van der Waals surface area contributed by atoms with Crippen LogP contribution in [0.1, 0.15) is 16.7 Å². The van der Waals surface area contributed by atoms with E-state index in [4.69, 9.17) is 9.47 Å². The van der Waals surface area contributed by atoms with Gasteiger partial charge in [0.1, 0.15) is 0 Å². The molecule has 11 heteroatoms. The molecule has 0 bridgehead atoms. The monoisotopic (exact) mass is 528 g/mol. The molecular formula is C25H18F6O4S. The largest absolute Gasteiger partial charge is 0.460 e. The summed E-state index contributed by atoms with van der Waals surface area (Å²) < 4.78 is 124. The van der Waals surface area contributed by atoms with Crippen LogP contribution in [0.3, 0.4) is 0 Å². The SMILES string of the molecule is Cc1ccc(S(=O)(=O)/C=C2\OC(c3ccccc3)(C(F)(F)F)OC2(c2ccccc2)C(F)(F)F)cc1. The summed E-state index contributed by atoms with van der Waals surface area (Å²) in [6.45, 7) is 1.66. The van der Waals surface area contributed by atoms with Crippen LogP contribution in [0.4, 0.5) is 26.3 Å². The third-order valence-corrected chi connectivity index (χ3v) is 7.07. The van der Waals surface area contributed by atoms with E-state index in [2.05, 4.69) is 0 Å². The summed E-state index contributed by atoms with van der Waals surface area (Å²) in [7, 11) is -4.71. The third kappa shape index (κ3) is 4.16. The van der Waals surface area contributed by atoms with Crippen LogP contribution in [0.5, 0.6) is 0 Å². The van der Waals surface area contributed by atoms with E-state index in [9.17, 15) is 34.8 Å². The second-order valence-corrected chi connectivity index (χ2v) is 9.87. The molecule has 0 radical (unpaired) electrons. The first-order valence-electron chi connectivity index (χ1n) is 10.4. The van der Waals surface area contributed by atoms with Gasteiger partial charge in [-0.15, -0.1) is 0 Å². The predicted molar refractivity (Wildman–Crippen MR) is 117 cm³/mol. The van der Waals surface area contributed by atoms with Gasteiger partial charge in [0.05, 0.1) is 10.3 Å². The lowest BCUT2D eigenvalue weighted by molar-refractivity contribution is -0.386. The van der Waals surface area contributed by atoms with Crippen molar-refractivity contribution in [2.24, 2.45) is 0 Å². The zero-order valence-electron chi connectivity index (χ0n) is 18.5. The molecule has 3 aromatic carbocycles. The number of rotatable bonds is 4. The van der Waals surface area contributed by atoms with Crippen molar-refractivity contribution in [1.82, 2.24) is 0 Å². The molecule has 0 aliphatic carbocycles. The van der Waals surface area contributed by atoms with Gasteiger partial charge in [-0.05, 0) is 19.1 Å². The molecule has 0 spiro atoms. The van der Waals surface area contributed by atoms with E-state index in [-0.39, 0.29) is 5.41 Å². The zero-order chi connectivity index (χ0) is 26.4. The Morgan fingerprint density at radius 2 is 1.22 bits per heavy atom. The van der Waals surface area contributed by atoms with Crippen LogP contribution in [0, 0.1) is 6.92 Å². The second-order valence-electron chi connectivity index (χ2n) is 8.07. The van der Waals surface area contributed by atoms with E-state index < -0.39 is 55.4 Å². The van der Waals surface area contributed by atoms with E-state index >= 15 is 0 Å². The van der Waals surface area contributed by atoms with Gasteiger partial charge >= 0.3 is 18.1 Å². The number of hydrogen-bond donors (Lipinski definition) is 0. The van der Waals surface area contributed by atoms with Crippen molar-refractivity contribution >= 4 is 9.84 Å². The lowest BCUT2D eigenvalue weighted by Gasteiger charge is -2.34. The van der Waals surface area contributed by atoms with Gasteiger partial charge in [-0.1, -0.05) is 78.4 Å². The number of benzene rings is 3. The average Bonchev–Trinajstić information content (AvgIpc) is 3.17. The van der Waals surface area contributed by atoms with Gasteiger partial charge in [0.2, 0.25) is 9.84 Å². The fourth-order valence-electron chi connectivity index (χ4n) is 3.85. The Morgan fingerprint density at radius 3 is 1.69 bits per heavy atom. The summed E-state index contributed by atoms with van der Waals surface area (Å²) in [5.41, 5.74) is -4.81. The number of halogens is 6. The Morgan fingerprint density at radius 1 is 0.722 bits per heavy atom. The van der Waals surface area contributed by atoms with Crippen LogP contribution in [0.2, 0.25) is 0 Å². The molecule has 2 unspecified atom stereocenters. The normalized spacial score (nSPS) is 24.0. The van der Waals surface area contributed by atoms with E-state index in [1.165, 1.54) is 24.3 Å². The molecule has 0 amide bonds. The van der Waals surface area contributed by atoms with Gasteiger partial charge in [-0.3, -0.25) is 0 Å². The predicted octanol–water partition coefficient (Wildman–Crippen LogP) is 6.53. The molecule has 4 nitrogen and oxygen atoms in total. The molecule has 1 aliphatic rings. The molecule has 3 aromatic rings. The van der Waals surface area contributed by atoms with E-state index in [0.717, 1.165) is 60.7 Å². The third-order valence-electron chi connectivity index (χ3n) is 5.62. The van der Waals surface area contributed by atoms with E-state index in [0.29, 0.717) is 5.56 Å². The molecule has 0 saturated carbocycles. The summed E-state index contributed by atoms with van der Waals surface area (Å²) in [6.07, 6.45) is -11.1. The maximum absolute atomic E-state index is 14.8. The maximum Gasteiger partial charge on any atom is 0.460 e. The molecule has 190 valence electrons. The van der Waals surface area contributed by atoms with Crippen molar-refractivity contribution in [1.29, 1.82) is 0 Å². The summed E-state index contributed by atoms with van der Waals surface area (Å²) in [6, 6.07) is 16.0. The number of hydrogen-bond acceptors (Lipinski definition) is 4. The van der Waals surface area contributed by atoms with Crippen LogP contribution in [-0.2, 0) is 30.7 Å². The highest BCUT2D eigenvalue weighted by molar-refractivity contribution is 7.94. The van der Waals surface area contributed by atoms with Crippen LogP contribution in [0.15, 0.2) is 101 Å². The molecular weight excluding hydrogens is 510 g/mol. The fraction of sp³-hybridized carbons (Fsp3) is 0.200. The highest BCUT2D eigenvalue weighted by atomic mass is 32.2. The van der Waals surface area contributed by atoms with Crippen molar-refractivity contribution in [2.45, 2.75) is 35.6 Å². The summed E-state index contributed by atoms with van der Waals surface area (Å²) >= 11 is 0. The standard InChI is InChI=1S/C25H18F6O4S/c1-17-12-14-20(15-13-17)36(32,33)16-21-22(24(26,27)28,18-8-4-2-5-9-18)35-23(34-21,25(29,30)31)19-10-6-3-7-11-19/h2-16H,1H3/b21-16-. The fourth-order valence-corrected chi connectivity index (χ4v) is 4.99. The molecule has 1 fully saturated rings. The quantitative estimate of drug-likeness (QED) is 0.362. The Bertz CT molecular complexity index is 1370. The van der Waals surface area contributed by atoms with Gasteiger partial charge in [-0.25, -0.2) is 8.42 Å². The Labute approximate surface area is 202 Å². The van der Waals surface area contributed by atoms with Crippen LogP contribution >= 0.6 is 0 Å². The molecule has 1 heterocycles. The molecule has 2 atom stereocenters. The van der Waals surface area contributed by atoms with Crippen molar-refractivity contribution in [2.75, 3.05) is 0 Å². The van der Waals surface area contributed by atoms with Gasteiger partial charge in [0.25, 0.3) is 5.60 Å². The minimum absolute atomic E-state index is 0.0502. The minimum atomic E-state index is -5.56. The number of ether oxygens (including phenoxy) is 2. The summed E-state index contributed by atoms with van der Waals surface area (Å²) in [5.74, 6) is -5.52. The Balaban J connectivity index is 2.06. The highest BCUT2D eigenvalue weighted by Gasteiger charge is 2.77. The maximum atomic E-state index is 14.8. The summed E-state index contributed by atoms with van der Waals surface area (Å²) in [4.78, 5) is -0.433.